The number of hydrogen-bond donors (Lipinski definition) is 1. The van der Waals surface area contributed by atoms with Gasteiger partial charge in [-0.1, -0.05) is 47.0 Å². The average molecular weight is 621 g/mol. The Hall–Kier alpha value is -3.27. The predicted octanol–water partition coefficient (Wildman–Crippen LogP) is 5.84. The molecule has 1 unspecified atom stereocenters. The van der Waals surface area contributed by atoms with Gasteiger partial charge in [0, 0.05) is 12.1 Å². The number of halogens is 2. The Morgan fingerprint density at radius 2 is 1.56 bits per heavy atom. The zero-order valence-electron chi connectivity index (χ0n) is 23.9. The highest BCUT2D eigenvalue weighted by molar-refractivity contribution is 7.92. The summed E-state index contributed by atoms with van der Waals surface area (Å²) in [5.41, 5.74) is 1.23. The topological polar surface area (TPSA) is 96.0 Å². The van der Waals surface area contributed by atoms with Gasteiger partial charge in [-0.25, -0.2) is 8.42 Å². The smallest absolute Gasteiger partial charge is 0.264 e. The molecule has 3 aromatic carbocycles. The van der Waals surface area contributed by atoms with E-state index < -0.39 is 34.1 Å². The first-order chi connectivity index (χ1) is 19.1. The van der Waals surface area contributed by atoms with Crippen molar-refractivity contribution in [1.29, 1.82) is 0 Å². The first-order valence-corrected chi connectivity index (χ1v) is 15.1. The summed E-state index contributed by atoms with van der Waals surface area (Å²) in [4.78, 5) is 28.6. The summed E-state index contributed by atoms with van der Waals surface area (Å²) in [5, 5.41) is 3.54. The average Bonchev–Trinajstić information content (AvgIpc) is 2.91. The number of nitrogens with one attached hydrogen (secondary N) is 1. The molecule has 0 saturated carbocycles. The zero-order valence-corrected chi connectivity index (χ0v) is 26.3. The third kappa shape index (κ3) is 8.38. The lowest BCUT2D eigenvalue weighted by molar-refractivity contribution is -0.140. The minimum absolute atomic E-state index is 0.00448. The molecule has 2 amide bonds. The van der Waals surface area contributed by atoms with Gasteiger partial charge in [-0.15, -0.1) is 0 Å². The molecule has 0 radical (unpaired) electrons. The quantitative estimate of drug-likeness (QED) is 0.308. The van der Waals surface area contributed by atoms with E-state index in [1.165, 1.54) is 24.1 Å². The zero-order chi connectivity index (χ0) is 30.5. The number of carbonyl (C=O) groups excluding carboxylic acids is 2. The Labute approximate surface area is 252 Å². The fraction of sp³-hybridized carbons (Fsp3) is 0.333. The third-order valence-corrected chi connectivity index (χ3v) is 8.78. The van der Waals surface area contributed by atoms with Gasteiger partial charge in [-0.05, 0) is 88.7 Å². The number of rotatable bonds is 10. The van der Waals surface area contributed by atoms with E-state index in [2.05, 4.69) is 5.32 Å². The first kappa shape index (κ1) is 32.2. The highest BCUT2D eigenvalue weighted by Crippen LogP contribution is 2.28. The monoisotopic (exact) mass is 619 g/mol. The molecule has 0 spiro atoms. The van der Waals surface area contributed by atoms with Gasteiger partial charge in [0.05, 0.1) is 27.7 Å². The van der Waals surface area contributed by atoms with Gasteiger partial charge in [-0.2, -0.15) is 0 Å². The van der Waals surface area contributed by atoms with Crippen LogP contribution >= 0.6 is 23.2 Å². The van der Waals surface area contributed by atoms with Crippen molar-refractivity contribution in [2.24, 2.45) is 0 Å². The van der Waals surface area contributed by atoms with Gasteiger partial charge in [-0.3, -0.25) is 13.9 Å². The standard InChI is InChI=1S/C30H35Cl2N3O5S/c1-20-7-14-25(15-8-20)41(38,39)35(23-10-12-24(40-6)13-11-23)19-28(36)34(21(2)29(37)33-30(3,4)5)18-22-9-16-26(31)27(32)17-22/h7-17,21H,18-19H2,1-6H3,(H,33,37). The number of nitrogens with zero attached hydrogens (tertiary/aromatic N) is 2. The molecule has 3 rings (SSSR count). The molecule has 0 aliphatic rings. The Kier molecular flexibility index (Phi) is 10.3. The molecule has 0 heterocycles. The Balaban J connectivity index is 2.05. The summed E-state index contributed by atoms with van der Waals surface area (Å²) in [6.45, 7) is 8.40. The lowest BCUT2D eigenvalue weighted by Gasteiger charge is -2.33. The van der Waals surface area contributed by atoms with Gasteiger partial charge >= 0.3 is 0 Å². The van der Waals surface area contributed by atoms with E-state index in [0.717, 1.165) is 9.87 Å². The largest absolute Gasteiger partial charge is 0.497 e. The van der Waals surface area contributed by atoms with Crippen molar-refractivity contribution >= 4 is 50.7 Å². The second-order valence-electron chi connectivity index (χ2n) is 10.7. The molecule has 0 aliphatic heterocycles. The Morgan fingerprint density at radius 1 is 0.951 bits per heavy atom. The van der Waals surface area contributed by atoms with E-state index >= 15 is 0 Å². The number of aryl methyl sites for hydroxylation is 1. The molecule has 41 heavy (non-hydrogen) atoms. The van der Waals surface area contributed by atoms with Crippen molar-refractivity contribution in [1.82, 2.24) is 10.2 Å². The van der Waals surface area contributed by atoms with Crippen molar-refractivity contribution in [3.8, 4) is 5.75 Å². The first-order valence-electron chi connectivity index (χ1n) is 12.9. The molecule has 11 heteroatoms. The van der Waals surface area contributed by atoms with Crippen molar-refractivity contribution in [2.45, 2.75) is 57.6 Å². The lowest BCUT2D eigenvalue weighted by Crippen LogP contribution is -2.54. The predicted molar refractivity (Wildman–Crippen MR) is 163 cm³/mol. The summed E-state index contributed by atoms with van der Waals surface area (Å²) in [7, 11) is -2.67. The van der Waals surface area contributed by atoms with Gasteiger partial charge in [0.15, 0.2) is 0 Å². The second-order valence-corrected chi connectivity index (χ2v) is 13.4. The number of methoxy groups -OCH3 is 1. The van der Waals surface area contributed by atoms with Crippen LogP contribution in [0.1, 0.15) is 38.8 Å². The molecule has 1 atom stereocenters. The number of hydrogen-bond acceptors (Lipinski definition) is 5. The van der Waals surface area contributed by atoms with Crippen LogP contribution in [0.25, 0.3) is 0 Å². The van der Waals surface area contributed by atoms with Crippen LogP contribution in [0.2, 0.25) is 10.0 Å². The maximum atomic E-state index is 14.0. The van der Waals surface area contributed by atoms with Gasteiger partial charge in [0.25, 0.3) is 10.0 Å². The summed E-state index contributed by atoms with van der Waals surface area (Å²) in [6, 6.07) is 16.7. The van der Waals surface area contributed by atoms with Crippen LogP contribution < -0.4 is 14.4 Å². The minimum Gasteiger partial charge on any atom is -0.497 e. The number of anilines is 1. The minimum atomic E-state index is -4.17. The number of amides is 2. The van der Waals surface area contributed by atoms with E-state index in [1.807, 2.05) is 27.7 Å². The van der Waals surface area contributed by atoms with Crippen molar-refractivity contribution in [3.63, 3.8) is 0 Å². The lowest BCUT2D eigenvalue weighted by atomic mass is 10.1. The van der Waals surface area contributed by atoms with Crippen LogP contribution in [0.4, 0.5) is 5.69 Å². The molecule has 3 aromatic rings. The molecule has 0 bridgehead atoms. The van der Waals surface area contributed by atoms with E-state index in [1.54, 1.807) is 61.5 Å². The van der Waals surface area contributed by atoms with Crippen LogP contribution in [0, 0.1) is 6.92 Å². The summed E-state index contributed by atoms with van der Waals surface area (Å²) >= 11 is 12.3. The van der Waals surface area contributed by atoms with Crippen molar-refractivity contribution < 1.29 is 22.7 Å². The molecule has 220 valence electrons. The van der Waals surface area contributed by atoms with Crippen LogP contribution in [-0.2, 0) is 26.2 Å². The van der Waals surface area contributed by atoms with E-state index in [9.17, 15) is 18.0 Å². The normalized spacial score (nSPS) is 12.4. The molecule has 8 nitrogen and oxygen atoms in total. The van der Waals surface area contributed by atoms with Crippen molar-refractivity contribution in [2.75, 3.05) is 18.0 Å². The van der Waals surface area contributed by atoms with E-state index in [0.29, 0.717) is 21.4 Å². The van der Waals surface area contributed by atoms with E-state index in [-0.39, 0.29) is 23.0 Å². The SMILES string of the molecule is COc1ccc(N(CC(=O)N(Cc2ccc(Cl)c(Cl)c2)C(C)C(=O)NC(C)(C)C)S(=O)(=O)c2ccc(C)cc2)cc1. The molecule has 0 fully saturated rings. The summed E-state index contributed by atoms with van der Waals surface area (Å²) in [6.07, 6.45) is 0. The summed E-state index contributed by atoms with van der Waals surface area (Å²) in [5.74, 6) is -0.441. The fourth-order valence-corrected chi connectivity index (χ4v) is 5.74. The summed E-state index contributed by atoms with van der Waals surface area (Å²) < 4.78 is 34.1. The maximum Gasteiger partial charge on any atom is 0.264 e. The number of sulfonamides is 1. The van der Waals surface area contributed by atoms with Crippen LogP contribution in [0.15, 0.2) is 71.6 Å². The number of benzene rings is 3. The molecule has 0 aromatic heterocycles. The van der Waals surface area contributed by atoms with Gasteiger partial charge in [0.2, 0.25) is 11.8 Å². The molecule has 1 N–H and O–H groups in total. The van der Waals surface area contributed by atoms with Crippen LogP contribution in [-0.4, -0.2) is 50.4 Å². The highest BCUT2D eigenvalue weighted by Gasteiger charge is 2.33. The molecule has 0 aliphatic carbocycles. The molecular formula is C30H35Cl2N3O5S. The van der Waals surface area contributed by atoms with Gasteiger partial charge in [0.1, 0.15) is 18.3 Å². The highest BCUT2D eigenvalue weighted by atomic mass is 35.5. The Morgan fingerprint density at radius 3 is 2.10 bits per heavy atom. The second kappa shape index (κ2) is 13.1. The third-order valence-electron chi connectivity index (χ3n) is 6.25. The van der Waals surface area contributed by atoms with Crippen molar-refractivity contribution in [3.05, 3.63) is 87.9 Å². The van der Waals surface area contributed by atoms with E-state index in [4.69, 9.17) is 27.9 Å². The Bertz CT molecular complexity index is 1490. The molecular weight excluding hydrogens is 585 g/mol. The number of carbonyl (C=O) groups is 2. The molecule has 0 saturated heterocycles. The fourth-order valence-electron chi connectivity index (χ4n) is 4.01. The maximum absolute atomic E-state index is 14.0. The van der Waals surface area contributed by atoms with Gasteiger partial charge < -0.3 is 15.0 Å². The number of ether oxygens (including phenoxy) is 1. The van der Waals surface area contributed by atoms with Crippen LogP contribution in [0.3, 0.4) is 0 Å². The van der Waals surface area contributed by atoms with Crippen LogP contribution in [0.5, 0.6) is 5.75 Å².